The van der Waals surface area contributed by atoms with E-state index < -0.39 is 11.9 Å². The van der Waals surface area contributed by atoms with Crippen molar-refractivity contribution in [2.45, 2.75) is 12.3 Å². The summed E-state index contributed by atoms with van der Waals surface area (Å²) in [4.78, 5) is 15.1. The molecule has 0 bridgehead atoms. The van der Waals surface area contributed by atoms with Gasteiger partial charge in [0.15, 0.2) is 0 Å². The van der Waals surface area contributed by atoms with Crippen LogP contribution in [0.15, 0.2) is 48.7 Å². The van der Waals surface area contributed by atoms with Crippen molar-refractivity contribution in [1.82, 2.24) is 4.98 Å². The van der Waals surface area contributed by atoms with Gasteiger partial charge in [0.05, 0.1) is 12.3 Å². The first-order chi connectivity index (χ1) is 9.66. The van der Waals surface area contributed by atoms with E-state index >= 15 is 0 Å². The molecule has 0 aliphatic carbocycles. The van der Waals surface area contributed by atoms with Crippen LogP contribution in [0.2, 0.25) is 5.02 Å². The minimum atomic E-state index is -0.912. The fourth-order valence-electron chi connectivity index (χ4n) is 1.77. The summed E-state index contributed by atoms with van der Waals surface area (Å²) < 4.78 is 0. The molecule has 3 nitrogen and oxygen atoms in total. The number of aromatic nitrogens is 1. The van der Waals surface area contributed by atoms with Crippen LogP contribution < -0.4 is 0 Å². The monoisotopic (exact) mass is 285 g/mol. The Hall–Kier alpha value is -2.31. The molecule has 20 heavy (non-hydrogen) atoms. The van der Waals surface area contributed by atoms with Crippen LogP contribution in [0.3, 0.4) is 0 Å². The van der Waals surface area contributed by atoms with E-state index in [0.717, 1.165) is 5.56 Å². The van der Waals surface area contributed by atoms with E-state index in [0.29, 0.717) is 10.7 Å². The molecule has 2 aromatic rings. The van der Waals surface area contributed by atoms with E-state index in [4.69, 9.17) is 16.7 Å². The number of nitrogens with zero attached hydrogens (tertiary/aromatic N) is 1. The van der Waals surface area contributed by atoms with E-state index in [9.17, 15) is 4.79 Å². The first kappa shape index (κ1) is 14.1. The summed E-state index contributed by atoms with van der Waals surface area (Å²) in [6.45, 7) is 0. The van der Waals surface area contributed by atoms with Crippen LogP contribution in [0.5, 0.6) is 0 Å². The summed E-state index contributed by atoms with van der Waals surface area (Å²) >= 11 is 6.11. The van der Waals surface area contributed by atoms with Gasteiger partial charge >= 0.3 is 5.97 Å². The van der Waals surface area contributed by atoms with Crippen molar-refractivity contribution in [1.29, 1.82) is 0 Å². The van der Waals surface area contributed by atoms with E-state index in [-0.39, 0.29) is 6.42 Å². The van der Waals surface area contributed by atoms with Crippen molar-refractivity contribution in [3.63, 3.8) is 0 Å². The molecule has 0 saturated heterocycles. The van der Waals surface area contributed by atoms with Crippen LogP contribution >= 0.6 is 11.6 Å². The predicted molar refractivity (Wildman–Crippen MR) is 77.6 cm³/mol. The highest BCUT2D eigenvalue weighted by molar-refractivity contribution is 6.31. The number of pyridine rings is 1. The van der Waals surface area contributed by atoms with Gasteiger partial charge in [0.1, 0.15) is 5.69 Å². The maximum atomic E-state index is 11.0. The first-order valence-corrected chi connectivity index (χ1v) is 6.43. The second-order valence-corrected chi connectivity index (χ2v) is 4.56. The first-order valence-electron chi connectivity index (χ1n) is 6.05. The summed E-state index contributed by atoms with van der Waals surface area (Å²) in [5.41, 5.74) is 1.33. The van der Waals surface area contributed by atoms with Gasteiger partial charge in [0.25, 0.3) is 0 Å². The van der Waals surface area contributed by atoms with Crippen LogP contribution in [-0.2, 0) is 4.79 Å². The third-order valence-electron chi connectivity index (χ3n) is 2.70. The number of hydrogen-bond acceptors (Lipinski definition) is 2. The van der Waals surface area contributed by atoms with E-state index in [1.807, 2.05) is 12.1 Å². The summed E-state index contributed by atoms with van der Waals surface area (Å²) in [6.07, 6.45) is 1.55. The predicted octanol–water partition coefficient (Wildman–Crippen LogP) is 3.35. The number of hydrogen-bond donors (Lipinski definition) is 1. The van der Waals surface area contributed by atoms with E-state index in [1.54, 1.807) is 36.5 Å². The van der Waals surface area contributed by atoms with Crippen molar-refractivity contribution in [2.75, 3.05) is 0 Å². The number of aliphatic carboxylic acids is 1. The molecule has 0 radical (unpaired) electrons. The van der Waals surface area contributed by atoms with E-state index in [2.05, 4.69) is 16.8 Å². The zero-order valence-corrected chi connectivity index (χ0v) is 11.3. The lowest BCUT2D eigenvalue weighted by Crippen LogP contribution is -2.05. The zero-order valence-electron chi connectivity index (χ0n) is 10.6. The molecule has 1 aromatic heterocycles. The Labute approximate surface area is 122 Å². The molecule has 100 valence electrons. The fourth-order valence-corrected chi connectivity index (χ4v) is 2.04. The molecule has 0 amide bonds. The lowest BCUT2D eigenvalue weighted by atomic mass is 9.96. The topological polar surface area (TPSA) is 50.2 Å². The Morgan fingerprint density at radius 1 is 1.25 bits per heavy atom. The quantitative estimate of drug-likeness (QED) is 0.880. The molecule has 1 unspecified atom stereocenters. The zero-order chi connectivity index (χ0) is 14.4. The maximum Gasteiger partial charge on any atom is 0.304 e. The third-order valence-corrected chi connectivity index (χ3v) is 3.04. The van der Waals surface area contributed by atoms with Gasteiger partial charge in [-0.1, -0.05) is 41.8 Å². The number of carbonyl (C=O) groups is 1. The molecule has 0 aliphatic rings. The molecule has 1 N–H and O–H groups in total. The van der Waals surface area contributed by atoms with Crippen LogP contribution in [-0.4, -0.2) is 16.1 Å². The molecule has 0 saturated carbocycles. The Kier molecular flexibility index (Phi) is 4.75. The van der Waals surface area contributed by atoms with Crippen molar-refractivity contribution < 1.29 is 9.90 Å². The highest BCUT2D eigenvalue weighted by atomic mass is 35.5. The molecule has 4 heteroatoms. The number of benzene rings is 1. The molecule has 1 atom stereocenters. The summed E-state index contributed by atoms with van der Waals surface area (Å²) in [6, 6.07) is 12.6. The standard InChI is InChI=1S/C16H12ClNO2/c17-15-7-2-1-6-14(15)12(11-16(19)20)8-9-13-5-3-4-10-18-13/h1-7,10,12H,11H2,(H,19,20). The van der Waals surface area contributed by atoms with Gasteiger partial charge in [-0.2, -0.15) is 0 Å². The van der Waals surface area contributed by atoms with Gasteiger partial charge in [-0.25, -0.2) is 4.98 Å². The molecular weight excluding hydrogens is 274 g/mol. The molecular formula is C16H12ClNO2. The van der Waals surface area contributed by atoms with Crippen LogP contribution in [0.25, 0.3) is 0 Å². The minimum absolute atomic E-state index is 0.0937. The number of rotatable bonds is 3. The largest absolute Gasteiger partial charge is 0.481 e. The fraction of sp³-hybridized carbons (Fsp3) is 0.125. The molecule has 1 aromatic carbocycles. The maximum absolute atomic E-state index is 11.0. The Balaban J connectivity index is 2.32. The normalized spacial score (nSPS) is 11.2. The van der Waals surface area contributed by atoms with Crippen molar-refractivity contribution in [3.8, 4) is 11.8 Å². The third kappa shape index (κ3) is 3.84. The molecule has 2 rings (SSSR count). The van der Waals surface area contributed by atoms with Gasteiger partial charge in [-0.05, 0) is 29.7 Å². The smallest absolute Gasteiger partial charge is 0.304 e. The van der Waals surface area contributed by atoms with E-state index in [1.165, 1.54) is 0 Å². The average molecular weight is 286 g/mol. The molecule has 0 fully saturated rings. The van der Waals surface area contributed by atoms with Crippen LogP contribution in [0.1, 0.15) is 23.6 Å². The van der Waals surface area contributed by atoms with Crippen molar-refractivity contribution in [3.05, 3.63) is 64.9 Å². The van der Waals surface area contributed by atoms with Gasteiger partial charge in [0.2, 0.25) is 0 Å². The molecule has 0 spiro atoms. The molecule has 0 aliphatic heterocycles. The number of carboxylic acids is 1. The summed E-state index contributed by atoms with van der Waals surface area (Å²) in [7, 11) is 0. The van der Waals surface area contributed by atoms with Gasteiger partial charge in [-0.15, -0.1) is 0 Å². The number of carboxylic acid groups (broad SMARTS) is 1. The van der Waals surface area contributed by atoms with Crippen LogP contribution in [0.4, 0.5) is 0 Å². The van der Waals surface area contributed by atoms with Crippen molar-refractivity contribution >= 4 is 17.6 Å². The Morgan fingerprint density at radius 3 is 2.65 bits per heavy atom. The van der Waals surface area contributed by atoms with Gasteiger partial charge in [0, 0.05) is 11.2 Å². The lowest BCUT2D eigenvalue weighted by Gasteiger charge is -2.10. The van der Waals surface area contributed by atoms with Crippen LogP contribution in [0, 0.1) is 11.8 Å². The number of halogens is 1. The lowest BCUT2D eigenvalue weighted by molar-refractivity contribution is -0.137. The minimum Gasteiger partial charge on any atom is -0.481 e. The second kappa shape index (κ2) is 6.74. The highest BCUT2D eigenvalue weighted by Crippen LogP contribution is 2.26. The second-order valence-electron chi connectivity index (χ2n) is 4.16. The van der Waals surface area contributed by atoms with Gasteiger partial charge < -0.3 is 5.11 Å². The van der Waals surface area contributed by atoms with Crippen molar-refractivity contribution in [2.24, 2.45) is 0 Å². The summed E-state index contributed by atoms with van der Waals surface area (Å²) in [5, 5.41) is 9.53. The Bertz CT molecular complexity index is 659. The SMILES string of the molecule is O=C(O)CC(C#Cc1ccccn1)c1ccccc1Cl. The average Bonchev–Trinajstić information content (AvgIpc) is 2.45. The highest BCUT2D eigenvalue weighted by Gasteiger charge is 2.15. The van der Waals surface area contributed by atoms with Gasteiger partial charge in [-0.3, -0.25) is 4.79 Å². The Morgan fingerprint density at radius 2 is 2.00 bits per heavy atom. The molecule has 1 heterocycles. The summed E-state index contributed by atoms with van der Waals surface area (Å²) in [5.74, 6) is 4.47.